The Morgan fingerprint density at radius 3 is 1.98 bits per heavy atom. The van der Waals surface area contributed by atoms with E-state index in [1.165, 1.54) is 5.52 Å². The molecule has 4 rings (SSSR count). The molecule has 2 aromatic carbocycles. The number of ether oxygens (including phenoxy) is 2. The number of carboxylic acid groups (broad SMARTS) is 4. The van der Waals surface area contributed by atoms with Gasteiger partial charge in [0, 0.05) is 57.1 Å². The van der Waals surface area contributed by atoms with Crippen molar-refractivity contribution in [3.05, 3.63) is 71.3 Å². The molecule has 0 radical (unpaired) electrons. The van der Waals surface area contributed by atoms with E-state index in [0.717, 1.165) is 98.9 Å². The van der Waals surface area contributed by atoms with Crippen molar-refractivity contribution in [3.8, 4) is 11.5 Å². The number of phenolic OH excluding ortho intramolecular Hbond substituents is 1. The zero-order chi connectivity index (χ0) is 38.6. The number of fused-ring (bicyclic) bond motifs is 1. The quantitative estimate of drug-likeness (QED) is 0.108. The highest BCUT2D eigenvalue weighted by Gasteiger charge is 2.19. The molecular weight excluding hydrogens is 676 g/mol. The fourth-order valence-electron chi connectivity index (χ4n) is 5.16. The van der Waals surface area contributed by atoms with Gasteiger partial charge in [0.25, 0.3) is 0 Å². The van der Waals surface area contributed by atoms with E-state index < -0.39 is 23.9 Å². The van der Waals surface area contributed by atoms with E-state index in [-0.39, 0.29) is 0 Å². The Hall–Kier alpha value is -5.41. The van der Waals surface area contributed by atoms with E-state index in [1.807, 2.05) is 26.8 Å². The average molecular weight is 727 g/mol. The molecule has 0 bridgehead atoms. The number of aromatic nitrogens is 2. The molecule has 284 valence electrons. The average Bonchev–Trinajstić information content (AvgIpc) is 3.32. The predicted molar refractivity (Wildman–Crippen MR) is 195 cm³/mol. The summed E-state index contributed by atoms with van der Waals surface area (Å²) in [7, 11) is 2.20. The number of hydrogen-bond donors (Lipinski definition) is 5. The van der Waals surface area contributed by atoms with Crippen molar-refractivity contribution < 1.29 is 54.2 Å². The first-order chi connectivity index (χ1) is 24.7. The Bertz CT molecular complexity index is 1630. The maximum atomic E-state index is 10.1. The Labute approximate surface area is 303 Å². The van der Waals surface area contributed by atoms with Crippen molar-refractivity contribution >= 4 is 40.9 Å². The van der Waals surface area contributed by atoms with Crippen molar-refractivity contribution in [3.63, 3.8) is 0 Å². The van der Waals surface area contributed by atoms with Crippen molar-refractivity contribution in [2.24, 2.45) is 0 Å². The van der Waals surface area contributed by atoms with Gasteiger partial charge in [-0.15, -0.1) is 0 Å². The molecular formula is C37H50N4O11. The first-order valence-corrected chi connectivity index (χ1v) is 16.9. The summed E-state index contributed by atoms with van der Waals surface area (Å²) < 4.78 is 14.3. The molecule has 1 aromatic heterocycles. The molecule has 5 N–H and O–H groups in total. The third kappa shape index (κ3) is 15.2. The molecule has 0 atom stereocenters. The number of benzene rings is 2. The van der Waals surface area contributed by atoms with Gasteiger partial charge in [-0.05, 0) is 94.9 Å². The van der Waals surface area contributed by atoms with E-state index in [2.05, 4.69) is 45.7 Å². The summed E-state index contributed by atoms with van der Waals surface area (Å²) in [4.78, 5) is 48.0. The molecule has 3 aromatic rings. The van der Waals surface area contributed by atoms with E-state index in [1.54, 1.807) is 0 Å². The predicted octanol–water partition coefficient (Wildman–Crippen LogP) is 4.50. The summed E-state index contributed by atoms with van der Waals surface area (Å²) in [6, 6.07) is 10.3. The lowest BCUT2D eigenvalue weighted by atomic mass is 10.0. The second-order valence-electron chi connectivity index (χ2n) is 12.0. The molecule has 1 aliphatic heterocycles. The van der Waals surface area contributed by atoms with E-state index in [0.29, 0.717) is 43.3 Å². The lowest BCUT2D eigenvalue weighted by Crippen LogP contribution is -2.31. The Balaban J connectivity index is 0.000000487. The molecule has 15 heteroatoms. The van der Waals surface area contributed by atoms with Gasteiger partial charge in [-0.25, -0.2) is 24.2 Å². The third-order valence-corrected chi connectivity index (χ3v) is 8.03. The van der Waals surface area contributed by atoms with Gasteiger partial charge in [0.15, 0.2) is 0 Å². The highest BCUT2D eigenvalue weighted by atomic mass is 16.5. The zero-order valence-corrected chi connectivity index (χ0v) is 30.2. The maximum Gasteiger partial charge on any atom is 0.328 e. The molecule has 2 heterocycles. The van der Waals surface area contributed by atoms with Crippen LogP contribution < -0.4 is 9.64 Å². The molecule has 1 fully saturated rings. The van der Waals surface area contributed by atoms with Crippen LogP contribution in [0, 0.1) is 20.8 Å². The highest BCUT2D eigenvalue weighted by molar-refractivity contribution is 5.90. The van der Waals surface area contributed by atoms with Gasteiger partial charge in [0.1, 0.15) is 11.5 Å². The molecule has 1 aliphatic rings. The minimum Gasteiger partial charge on any atom is -0.507 e. The lowest BCUT2D eigenvalue weighted by molar-refractivity contribution is -0.134. The normalized spacial score (nSPS) is 13.3. The van der Waals surface area contributed by atoms with E-state index in [4.69, 9.17) is 34.9 Å². The number of hydrogen-bond acceptors (Lipinski definition) is 10. The molecule has 15 nitrogen and oxygen atoms in total. The van der Waals surface area contributed by atoms with Gasteiger partial charge in [-0.3, -0.25) is 0 Å². The number of aryl methyl sites for hydroxylation is 1. The van der Waals surface area contributed by atoms with Crippen LogP contribution in [-0.2, 0) is 30.5 Å². The summed E-state index contributed by atoms with van der Waals surface area (Å²) >= 11 is 0. The molecule has 0 aliphatic carbocycles. The molecule has 1 saturated heterocycles. The number of nitrogens with zero attached hydrogens (tertiary/aromatic N) is 4. The van der Waals surface area contributed by atoms with E-state index >= 15 is 0 Å². The Morgan fingerprint density at radius 2 is 1.37 bits per heavy atom. The molecule has 52 heavy (non-hydrogen) atoms. The Morgan fingerprint density at radius 1 is 0.769 bits per heavy atom. The Kier molecular flexibility index (Phi) is 18.4. The summed E-state index contributed by atoms with van der Waals surface area (Å²) in [5, 5.41) is 41.3. The molecule has 0 amide bonds. The van der Waals surface area contributed by atoms with Gasteiger partial charge < -0.3 is 49.4 Å². The summed E-state index contributed by atoms with van der Waals surface area (Å²) in [6.45, 7) is 13.0. The van der Waals surface area contributed by atoms with Crippen LogP contribution in [0.3, 0.4) is 0 Å². The van der Waals surface area contributed by atoms with Gasteiger partial charge in [0.2, 0.25) is 5.95 Å². The summed E-state index contributed by atoms with van der Waals surface area (Å²) in [6.07, 6.45) is 6.46. The molecule has 0 spiro atoms. The van der Waals surface area contributed by atoms with Crippen LogP contribution in [0.4, 0.5) is 5.95 Å². The second-order valence-corrected chi connectivity index (χ2v) is 12.0. The van der Waals surface area contributed by atoms with Gasteiger partial charge in [-0.1, -0.05) is 12.1 Å². The SMILES string of the molecule is Cc1cc(OCCCCCOCCn2c(N3CCCN(C)CC3)nc3ccccc32)c(C)c(C)c1O.O=C(O)/C=C/C(=O)O.O=C(O)/C=C/C(=O)O. The van der Waals surface area contributed by atoms with Crippen LogP contribution in [0.25, 0.3) is 11.0 Å². The molecule has 0 saturated carbocycles. The minimum absolute atomic E-state index is 0.367. The number of anilines is 1. The number of imidazole rings is 1. The fourth-order valence-corrected chi connectivity index (χ4v) is 5.16. The number of aromatic hydroxyl groups is 1. The van der Waals surface area contributed by atoms with E-state index in [9.17, 15) is 24.3 Å². The van der Waals surface area contributed by atoms with Crippen LogP contribution in [0.1, 0.15) is 42.4 Å². The monoisotopic (exact) mass is 726 g/mol. The maximum absolute atomic E-state index is 10.1. The summed E-state index contributed by atoms with van der Waals surface area (Å²) in [5.41, 5.74) is 5.01. The van der Waals surface area contributed by atoms with Crippen LogP contribution in [-0.4, -0.2) is 117 Å². The number of aliphatic carboxylic acids is 4. The van der Waals surface area contributed by atoms with Crippen molar-refractivity contribution in [1.29, 1.82) is 0 Å². The minimum atomic E-state index is -1.26. The van der Waals surface area contributed by atoms with Crippen molar-refractivity contribution in [1.82, 2.24) is 14.5 Å². The lowest BCUT2D eigenvalue weighted by Gasteiger charge is -2.23. The van der Waals surface area contributed by atoms with Gasteiger partial charge >= 0.3 is 23.9 Å². The number of likely N-dealkylation sites (N-methyl/N-ethyl adjacent to an activating group) is 1. The van der Waals surface area contributed by atoms with Crippen LogP contribution in [0.2, 0.25) is 0 Å². The second kappa shape index (κ2) is 22.4. The smallest absolute Gasteiger partial charge is 0.328 e. The number of phenols is 1. The zero-order valence-electron chi connectivity index (χ0n) is 30.2. The number of rotatable bonds is 15. The largest absolute Gasteiger partial charge is 0.507 e. The van der Waals surface area contributed by atoms with Crippen molar-refractivity contribution in [2.45, 2.75) is 53.0 Å². The third-order valence-electron chi connectivity index (χ3n) is 8.03. The number of unbranched alkanes of at least 4 members (excludes halogenated alkanes) is 2. The van der Waals surface area contributed by atoms with Crippen molar-refractivity contribution in [2.75, 3.05) is 57.9 Å². The topological polar surface area (TPSA) is 212 Å². The number of carboxylic acids is 4. The van der Waals surface area contributed by atoms with Crippen LogP contribution >= 0.6 is 0 Å². The number of carbonyl (C=O) groups is 4. The molecule has 0 unspecified atom stereocenters. The summed E-state index contributed by atoms with van der Waals surface area (Å²) in [5.74, 6) is -2.72. The van der Waals surface area contributed by atoms with Gasteiger partial charge in [-0.2, -0.15) is 0 Å². The number of para-hydroxylation sites is 2. The first-order valence-electron chi connectivity index (χ1n) is 16.9. The highest BCUT2D eigenvalue weighted by Crippen LogP contribution is 2.32. The standard InChI is InChI=1S/C29H42N4O3.2C4H4O4/c1-22-21-27(23(2)24(3)28(22)34)36-19-9-5-8-18-35-20-17-33-26-12-7-6-11-25(26)30-29(33)32-14-10-13-31(4)15-16-32;2*5-3(6)1-2-4(7)8/h6-7,11-12,21,34H,5,8-10,13-20H2,1-4H3;2*1-2H,(H,5,6)(H,7,8)/b;2*2-1+. The van der Waals surface area contributed by atoms with Crippen LogP contribution in [0.15, 0.2) is 54.6 Å². The fraction of sp³-hybridized carbons (Fsp3) is 0.432. The van der Waals surface area contributed by atoms with Crippen LogP contribution in [0.5, 0.6) is 11.5 Å². The van der Waals surface area contributed by atoms with Gasteiger partial charge in [0.05, 0.1) is 24.2 Å². The first kappa shape index (κ1) is 42.8.